The highest BCUT2D eigenvalue weighted by Crippen LogP contribution is 2.45. The highest BCUT2D eigenvalue weighted by atomic mass is 16.3. The molecule has 0 aromatic heterocycles. The number of unbranched alkanes of at least 4 members (excludes halogenated alkanes) is 6. The van der Waals surface area contributed by atoms with Crippen molar-refractivity contribution in [1.29, 1.82) is 0 Å². The van der Waals surface area contributed by atoms with Gasteiger partial charge in [-0.3, -0.25) is 0 Å². The van der Waals surface area contributed by atoms with Crippen LogP contribution in [0.25, 0.3) is 0 Å². The average Bonchev–Trinajstić information content (AvgIpc) is 2.46. The van der Waals surface area contributed by atoms with Crippen LogP contribution in [0, 0.1) is 17.8 Å². The van der Waals surface area contributed by atoms with Crippen LogP contribution in [0.2, 0.25) is 0 Å². The predicted molar refractivity (Wildman–Crippen MR) is 86.8 cm³/mol. The van der Waals surface area contributed by atoms with E-state index in [0.717, 1.165) is 30.6 Å². The van der Waals surface area contributed by atoms with E-state index >= 15 is 0 Å². The van der Waals surface area contributed by atoms with E-state index in [-0.39, 0.29) is 6.10 Å². The Bertz CT molecular complexity index is 250. The summed E-state index contributed by atoms with van der Waals surface area (Å²) in [6, 6.07) is 0. The summed E-state index contributed by atoms with van der Waals surface area (Å²) < 4.78 is 0. The molecule has 0 amide bonds. The van der Waals surface area contributed by atoms with Crippen LogP contribution in [-0.2, 0) is 0 Å². The zero-order valence-corrected chi connectivity index (χ0v) is 13.7. The molecule has 2 rings (SSSR count). The zero-order chi connectivity index (χ0) is 14.2. The van der Waals surface area contributed by atoms with Gasteiger partial charge in [0, 0.05) is 0 Å². The van der Waals surface area contributed by atoms with Gasteiger partial charge in [-0.25, -0.2) is 0 Å². The molecule has 2 saturated carbocycles. The van der Waals surface area contributed by atoms with Gasteiger partial charge in [-0.15, -0.1) is 0 Å². The summed E-state index contributed by atoms with van der Waals surface area (Å²) in [7, 11) is 0. The molecule has 0 spiro atoms. The molecule has 0 aliphatic heterocycles. The van der Waals surface area contributed by atoms with E-state index in [1.54, 1.807) is 0 Å². The lowest BCUT2D eigenvalue weighted by Crippen LogP contribution is -2.35. The molecule has 20 heavy (non-hydrogen) atoms. The lowest BCUT2D eigenvalue weighted by molar-refractivity contribution is 0.0185. The number of aliphatic hydroxyl groups is 1. The number of hydrogen-bond acceptors (Lipinski definition) is 1. The third kappa shape index (κ3) is 5.06. The average molecular weight is 280 g/mol. The van der Waals surface area contributed by atoms with Crippen molar-refractivity contribution in [2.75, 3.05) is 0 Å². The Morgan fingerprint density at radius 1 is 0.850 bits per heavy atom. The quantitative estimate of drug-likeness (QED) is 0.565. The third-order valence-electron chi connectivity index (χ3n) is 5.95. The summed E-state index contributed by atoms with van der Waals surface area (Å²) in [6.45, 7) is 2.29. The molecule has 4 atom stereocenters. The summed E-state index contributed by atoms with van der Waals surface area (Å²) in [5.74, 6) is 2.83. The van der Waals surface area contributed by atoms with Crippen molar-refractivity contribution in [2.24, 2.45) is 17.8 Å². The maximum atomic E-state index is 9.85. The number of aliphatic hydroxyl groups excluding tert-OH is 1. The van der Waals surface area contributed by atoms with Gasteiger partial charge in [0.1, 0.15) is 0 Å². The van der Waals surface area contributed by atoms with E-state index in [1.165, 1.54) is 77.0 Å². The summed E-state index contributed by atoms with van der Waals surface area (Å²) in [4.78, 5) is 0. The molecular formula is C19H36O. The molecule has 1 heteroatoms. The van der Waals surface area contributed by atoms with E-state index in [1.807, 2.05) is 0 Å². The molecule has 2 aliphatic rings. The van der Waals surface area contributed by atoms with E-state index in [0.29, 0.717) is 0 Å². The van der Waals surface area contributed by atoms with Gasteiger partial charge in [0.15, 0.2) is 0 Å². The van der Waals surface area contributed by atoms with Crippen molar-refractivity contribution in [3.8, 4) is 0 Å². The van der Waals surface area contributed by atoms with Crippen LogP contribution in [0.3, 0.4) is 0 Å². The second kappa shape index (κ2) is 9.07. The molecule has 1 nitrogen and oxygen atoms in total. The standard InChI is InChI=1S/C19H36O/c1-2-3-4-5-6-7-8-10-16-11-9-12-17-15-18(20)13-14-19(16)17/h16-20H,2-15H2,1H3. The molecule has 0 aromatic carbocycles. The van der Waals surface area contributed by atoms with Crippen molar-refractivity contribution in [1.82, 2.24) is 0 Å². The van der Waals surface area contributed by atoms with Crippen LogP contribution in [0.15, 0.2) is 0 Å². The Kier molecular flexibility index (Phi) is 7.41. The van der Waals surface area contributed by atoms with Gasteiger partial charge in [-0.05, 0) is 37.0 Å². The van der Waals surface area contributed by atoms with Crippen molar-refractivity contribution < 1.29 is 5.11 Å². The number of rotatable bonds is 8. The van der Waals surface area contributed by atoms with Crippen LogP contribution in [0.5, 0.6) is 0 Å². The Morgan fingerprint density at radius 3 is 2.40 bits per heavy atom. The summed E-state index contributed by atoms with van der Waals surface area (Å²) in [5.41, 5.74) is 0. The molecule has 2 fully saturated rings. The first-order valence-electron chi connectivity index (χ1n) is 9.49. The highest BCUT2D eigenvalue weighted by Gasteiger charge is 2.36. The van der Waals surface area contributed by atoms with Crippen molar-refractivity contribution in [2.45, 2.75) is 103 Å². The minimum Gasteiger partial charge on any atom is -0.393 e. The van der Waals surface area contributed by atoms with Crippen LogP contribution in [0.1, 0.15) is 96.8 Å². The normalized spacial score (nSPS) is 33.9. The molecule has 1 N–H and O–H groups in total. The van der Waals surface area contributed by atoms with Crippen LogP contribution in [-0.4, -0.2) is 11.2 Å². The third-order valence-corrected chi connectivity index (χ3v) is 5.95. The molecule has 0 radical (unpaired) electrons. The first-order chi connectivity index (χ1) is 9.81. The monoisotopic (exact) mass is 280 g/mol. The van der Waals surface area contributed by atoms with Crippen LogP contribution < -0.4 is 0 Å². The zero-order valence-electron chi connectivity index (χ0n) is 13.7. The predicted octanol–water partition coefficient (Wildman–Crippen LogP) is 5.70. The van der Waals surface area contributed by atoms with Gasteiger partial charge in [-0.2, -0.15) is 0 Å². The molecule has 118 valence electrons. The first-order valence-corrected chi connectivity index (χ1v) is 9.49. The van der Waals surface area contributed by atoms with Crippen molar-refractivity contribution >= 4 is 0 Å². The fourth-order valence-corrected chi connectivity index (χ4v) is 4.79. The second-order valence-electron chi connectivity index (χ2n) is 7.49. The lowest BCUT2D eigenvalue weighted by Gasteiger charge is -2.43. The number of fused-ring (bicyclic) bond motifs is 1. The van der Waals surface area contributed by atoms with Gasteiger partial charge in [0.2, 0.25) is 0 Å². The minimum atomic E-state index is 0.0218. The first kappa shape index (κ1) is 16.3. The van der Waals surface area contributed by atoms with Crippen LogP contribution in [0.4, 0.5) is 0 Å². The summed E-state index contributed by atoms with van der Waals surface area (Å²) >= 11 is 0. The number of hydrogen-bond donors (Lipinski definition) is 1. The Labute approximate surface area is 126 Å². The lowest BCUT2D eigenvalue weighted by atomic mass is 9.64. The largest absolute Gasteiger partial charge is 0.393 e. The van der Waals surface area contributed by atoms with Gasteiger partial charge in [0.25, 0.3) is 0 Å². The Hall–Kier alpha value is -0.0400. The second-order valence-corrected chi connectivity index (χ2v) is 7.49. The van der Waals surface area contributed by atoms with E-state index in [9.17, 15) is 5.11 Å². The highest BCUT2D eigenvalue weighted by molar-refractivity contribution is 4.87. The summed E-state index contributed by atoms with van der Waals surface area (Å²) in [5, 5.41) is 9.85. The van der Waals surface area contributed by atoms with E-state index in [4.69, 9.17) is 0 Å². The van der Waals surface area contributed by atoms with Crippen molar-refractivity contribution in [3.05, 3.63) is 0 Å². The maximum absolute atomic E-state index is 9.85. The minimum absolute atomic E-state index is 0.0218. The van der Waals surface area contributed by atoms with Gasteiger partial charge >= 0.3 is 0 Å². The maximum Gasteiger partial charge on any atom is 0.0543 e. The Balaban J connectivity index is 1.60. The molecule has 2 aliphatic carbocycles. The van der Waals surface area contributed by atoms with Gasteiger partial charge < -0.3 is 5.11 Å². The molecular weight excluding hydrogens is 244 g/mol. The fraction of sp³-hybridized carbons (Fsp3) is 1.00. The molecule has 0 bridgehead atoms. The SMILES string of the molecule is CCCCCCCCCC1CCCC2CC(O)CCC12. The summed E-state index contributed by atoms with van der Waals surface area (Å²) in [6.07, 6.45) is 19.4. The Morgan fingerprint density at radius 2 is 1.60 bits per heavy atom. The molecule has 0 heterocycles. The molecule has 0 aromatic rings. The van der Waals surface area contributed by atoms with Crippen molar-refractivity contribution in [3.63, 3.8) is 0 Å². The van der Waals surface area contributed by atoms with Gasteiger partial charge in [-0.1, -0.05) is 77.6 Å². The topological polar surface area (TPSA) is 20.2 Å². The van der Waals surface area contributed by atoms with E-state index in [2.05, 4.69) is 6.92 Å². The smallest absolute Gasteiger partial charge is 0.0543 e. The fourth-order valence-electron chi connectivity index (χ4n) is 4.79. The van der Waals surface area contributed by atoms with Crippen LogP contribution >= 0.6 is 0 Å². The molecule has 0 saturated heterocycles. The van der Waals surface area contributed by atoms with Gasteiger partial charge in [0.05, 0.1) is 6.10 Å². The molecule has 4 unspecified atom stereocenters. The van der Waals surface area contributed by atoms with E-state index < -0.39 is 0 Å².